The number of nitrogens with two attached hydrogens (primary N) is 1. The second-order valence-electron chi connectivity index (χ2n) is 5.21. The van der Waals surface area contributed by atoms with E-state index in [1.807, 2.05) is 4.68 Å². The third-order valence-electron chi connectivity index (χ3n) is 3.37. The molecule has 2 rings (SSSR count). The highest BCUT2D eigenvalue weighted by Gasteiger charge is 2.11. The Hall–Kier alpha value is -1.62. The Kier molecular flexibility index (Phi) is 4.37. The first-order valence-electron chi connectivity index (χ1n) is 6.89. The van der Waals surface area contributed by atoms with Gasteiger partial charge in [0.1, 0.15) is 12.2 Å². The normalized spacial score (nSPS) is 13.1. The minimum atomic E-state index is 0.219. The summed E-state index contributed by atoms with van der Waals surface area (Å²) in [7, 11) is 0. The Balaban J connectivity index is 2.15. The van der Waals surface area contributed by atoms with Crippen LogP contribution in [0.2, 0.25) is 0 Å². The average molecular weight is 261 g/mol. The van der Waals surface area contributed by atoms with Crippen molar-refractivity contribution in [1.29, 1.82) is 0 Å². The maximum Gasteiger partial charge on any atom is 0.147 e. The molecule has 2 heterocycles. The van der Waals surface area contributed by atoms with Crippen molar-refractivity contribution in [3.63, 3.8) is 0 Å². The van der Waals surface area contributed by atoms with E-state index < -0.39 is 0 Å². The molecule has 2 aromatic rings. The fourth-order valence-electron chi connectivity index (χ4n) is 2.17. The van der Waals surface area contributed by atoms with Gasteiger partial charge in [-0.2, -0.15) is 5.10 Å². The monoisotopic (exact) mass is 261 g/mol. The predicted octanol–water partition coefficient (Wildman–Crippen LogP) is 1.99. The van der Waals surface area contributed by atoms with E-state index in [-0.39, 0.29) is 6.04 Å². The van der Waals surface area contributed by atoms with Crippen molar-refractivity contribution in [2.75, 3.05) is 0 Å². The van der Waals surface area contributed by atoms with E-state index in [0.717, 1.165) is 25.2 Å². The van der Waals surface area contributed by atoms with Crippen molar-refractivity contribution in [2.24, 2.45) is 5.73 Å². The summed E-state index contributed by atoms with van der Waals surface area (Å²) in [6, 6.07) is 4.74. The van der Waals surface area contributed by atoms with Crippen molar-refractivity contribution >= 4 is 0 Å². The summed E-state index contributed by atoms with van der Waals surface area (Å²) >= 11 is 0. The lowest BCUT2D eigenvalue weighted by atomic mass is 10.1. The molecule has 0 aliphatic carbocycles. The minimum absolute atomic E-state index is 0.219. The Bertz CT molecular complexity index is 511. The highest BCUT2D eigenvalue weighted by atomic mass is 15.4. The lowest BCUT2D eigenvalue weighted by molar-refractivity contribution is 0.492. The molecule has 0 radical (unpaired) electrons. The summed E-state index contributed by atoms with van der Waals surface area (Å²) in [6.45, 7) is 7.09. The van der Waals surface area contributed by atoms with Crippen LogP contribution >= 0.6 is 0 Å². The topological polar surface area (TPSA) is 61.7 Å². The van der Waals surface area contributed by atoms with Gasteiger partial charge in [-0.25, -0.2) is 9.67 Å². The minimum Gasteiger partial charge on any atom is -0.344 e. The Labute approximate surface area is 114 Å². The average Bonchev–Trinajstić information content (AvgIpc) is 2.99. The predicted molar refractivity (Wildman–Crippen MR) is 75.9 cm³/mol. The summed E-state index contributed by atoms with van der Waals surface area (Å²) in [6.07, 6.45) is 5.60. The highest BCUT2D eigenvalue weighted by Crippen LogP contribution is 2.11. The second-order valence-corrected chi connectivity index (χ2v) is 5.21. The van der Waals surface area contributed by atoms with Crippen molar-refractivity contribution < 1.29 is 0 Å². The standard InChI is InChI=1S/C14H23N5/c1-4-12(15)8-13-6-5-7-18(13)9-14-16-10-17-19(14)11(2)3/h5-7,10-12H,4,8-9,15H2,1-3H3. The van der Waals surface area contributed by atoms with E-state index in [9.17, 15) is 0 Å². The summed E-state index contributed by atoms with van der Waals surface area (Å²) in [5, 5.41) is 4.27. The first kappa shape index (κ1) is 13.8. The molecule has 0 fully saturated rings. The zero-order valence-electron chi connectivity index (χ0n) is 12.0. The van der Waals surface area contributed by atoms with E-state index in [4.69, 9.17) is 5.73 Å². The van der Waals surface area contributed by atoms with Gasteiger partial charge < -0.3 is 10.3 Å². The first-order chi connectivity index (χ1) is 9.11. The van der Waals surface area contributed by atoms with Crippen LogP contribution in [0.4, 0.5) is 0 Å². The van der Waals surface area contributed by atoms with Crippen LogP contribution in [0, 0.1) is 0 Å². The lowest BCUT2D eigenvalue weighted by Gasteiger charge is -2.14. The van der Waals surface area contributed by atoms with Crippen LogP contribution in [-0.2, 0) is 13.0 Å². The van der Waals surface area contributed by atoms with Crippen LogP contribution in [0.15, 0.2) is 24.7 Å². The van der Waals surface area contributed by atoms with Crippen molar-refractivity contribution in [3.05, 3.63) is 36.2 Å². The van der Waals surface area contributed by atoms with Gasteiger partial charge in [-0.05, 0) is 32.4 Å². The Morgan fingerprint density at radius 3 is 2.84 bits per heavy atom. The SMILES string of the molecule is CCC(N)Cc1cccn1Cc1ncnn1C(C)C. The van der Waals surface area contributed by atoms with Gasteiger partial charge in [0.25, 0.3) is 0 Å². The molecule has 2 aromatic heterocycles. The highest BCUT2D eigenvalue weighted by molar-refractivity contribution is 5.10. The Morgan fingerprint density at radius 2 is 2.16 bits per heavy atom. The molecule has 0 saturated heterocycles. The van der Waals surface area contributed by atoms with Crippen LogP contribution in [-0.4, -0.2) is 25.4 Å². The molecule has 104 valence electrons. The molecule has 2 N–H and O–H groups in total. The molecular formula is C14H23N5. The van der Waals surface area contributed by atoms with E-state index in [1.54, 1.807) is 6.33 Å². The van der Waals surface area contributed by atoms with Crippen molar-refractivity contribution in [3.8, 4) is 0 Å². The third kappa shape index (κ3) is 3.23. The summed E-state index contributed by atoms with van der Waals surface area (Å²) in [5.41, 5.74) is 7.30. The second kappa shape index (κ2) is 6.02. The molecular weight excluding hydrogens is 238 g/mol. The van der Waals surface area contributed by atoms with Gasteiger partial charge >= 0.3 is 0 Å². The van der Waals surface area contributed by atoms with Crippen LogP contribution in [0.1, 0.15) is 44.8 Å². The first-order valence-corrected chi connectivity index (χ1v) is 6.89. The maximum absolute atomic E-state index is 6.04. The molecule has 0 bridgehead atoms. The largest absolute Gasteiger partial charge is 0.344 e. The van der Waals surface area contributed by atoms with Gasteiger partial charge in [0.15, 0.2) is 0 Å². The maximum atomic E-state index is 6.04. The molecule has 0 saturated carbocycles. The quantitative estimate of drug-likeness (QED) is 0.865. The van der Waals surface area contributed by atoms with E-state index in [2.05, 4.69) is 53.8 Å². The summed E-state index contributed by atoms with van der Waals surface area (Å²) < 4.78 is 4.17. The molecule has 0 aliphatic heterocycles. The molecule has 5 heteroatoms. The van der Waals surface area contributed by atoms with Gasteiger partial charge in [-0.1, -0.05) is 6.92 Å². The van der Waals surface area contributed by atoms with Crippen LogP contribution in [0.3, 0.4) is 0 Å². The zero-order chi connectivity index (χ0) is 13.8. The van der Waals surface area contributed by atoms with E-state index in [1.165, 1.54) is 5.69 Å². The third-order valence-corrected chi connectivity index (χ3v) is 3.37. The van der Waals surface area contributed by atoms with Crippen LogP contribution in [0.25, 0.3) is 0 Å². The fourth-order valence-corrected chi connectivity index (χ4v) is 2.17. The molecule has 1 atom stereocenters. The van der Waals surface area contributed by atoms with E-state index in [0.29, 0.717) is 6.04 Å². The lowest BCUT2D eigenvalue weighted by Crippen LogP contribution is -2.23. The number of nitrogens with zero attached hydrogens (tertiary/aromatic N) is 4. The van der Waals surface area contributed by atoms with E-state index >= 15 is 0 Å². The van der Waals surface area contributed by atoms with Crippen LogP contribution < -0.4 is 5.73 Å². The zero-order valence-corrected chi connectivity index (χ0v) is 12.0. The van der Waals surface area contributed by atoms with Crippen molar-refractivity contribution in [1.82, 2.24) is 19.3 Å². The molecule has 19 heavy (non-hydrogen) atoms. The molecule has 0 spiro atoms. The molecule has 0 amide bonds. The summed E-state index contributed by atoms with van der Waals surface area (Å²) in [5.74, 6) is 0.984. The number of aromatic nitrogens is 4. The molecule has 0 aliphatic rings. The van der Waals surface area contributed by atoms with Gasteiger partial charge in [-0.15, -0.1) is 0 Å². The van der Waals surface area contributed by atoms with Gasteiger partial charge in [0.05, 0.1) is 6.54 Å². The number of hydrogen-bond donors (Lipinski definition) is 1. The van der Waals surface area contributed by atoms with Gasteiger partial charge in [0, 0.05) is 30.4 Å². The Morgan fingerprint density at radius 1 is 1.37 bits per heavy atom. The number of rotatable bonds is 6. The smallest absolute Gasteiger partial charge is 0.147 e. The van der Waals surface area contributed by atoms with Crippen LogP contribution in [0.5, 0.6) is 0 Å². The molecule has 1 unspecified atom stereocenters. The molecule has 0 aromatic carbocycles. The van der Waals surface area contributed by atoms with Gasteiger partial charge in [0.2, 0.25) is 0 Å². The summed E-state index contributed by atoms with van der Waals surface area (Å²) in [4.78, 5) is 4.35. The fraction of sp³-hybridized carbons (Fsp3) is 0.571. The molecule has 5 nitrogen and oxygen atoms in total. The van der Waals surface area contributed by atoms with Crippen molar-refractivity contribution in [2.45, 2.75) is 52.2 Å². The van der Waals surface area contributed by atoms with Gasteiger partial charge in [-0.3, -0.25) is 0 Å². The number of hydrogen-bond acceptors (Lipinski definition) is 3.